The van der Waals surface area contributed by atoms with Crippen molar-refractivity contribution in [2.45, 2.75) is 40.8 Å². The van der Waals surface area contributed by atoms with Crippen molar-refractivity contribution in [3.05, 3.63) is 50.7 Å². The third kappa shape index (κ3) is 3.84. The van der Waals surface area contributed by atoms with Crippen LogP contribution < -0.4 is 10.1 Å². The largest absolute Gasteiger partial charge is 0.488 e. The monoisotopic (exact) mass is 289 g/mol. The van der Waals surface area contributed by atoms with Crippen LogP contribution in [0.3, 0.4) is 0 Å². The minimum Gasteiger partial charge on any atom is -0.488 e. The number of hydrogen-bond acceptors (Lipinski definition) is 3. The maximum atomic E-state index is 5.99. The van der Waals surface area contributed by atoms with Gasteiger partial charge in [0, 0.05) is 16.3 Å². The number of hydrogen-bond donors (Lipinski definition) is 1. The standard InChI is InChI=1S/C17H23NOS/c1-5-18-10-15-6-7-16(20-15)11-19-17-9-12(2)8-13(3)14(17)4/h6-9,18H,5,10-11H2,1-4H3. The van der Waals surface area contributed by atoms with Crippen molar-refractivity contribution in [2.75, 3.05) is 6.54 Å². The van der Waals surface area contributed by atoms with Crippen molar-refractivity contribution < 1.29 is 4.74 Å². The highest BCUT2D eigenvalue weighted by atomic mass is 32.1. The summed E-state index contributed by atoms with van der Waals surface area (Å²) < 4.78 is 5.99. The van der Waals surface area contributed by atoms with Gasteiger partial charge in [-0.3, -0.25) is 0 Å². The molecule has 0 aliphatic rings. The van der Waals surface area contributed by atoms with Crippen LogP contribution in [0.5, 0.6) is 5.75 Å². The van der Waals surface area contributed by atoms with E-state index in [1.807, 2.05) is 11.3 Å². The number of benzene rings is 1. The molecule has 0 saturated heterocycles. The quantitative estimate of drug-likeness (QED) is 0.853. The summed E-state index contributed by atoms with van der Waals surface area (Å²) in [7, 11) is 0. The number of aryl methyl sites for hydroxylation is 2. The topological polar surface area (TPSA) is 21.3 Å². The van der Waals surface area contributed by atoms with Crippen LogP contribution >= 0.6 is 11.3 Å². The zero-order valence-corrected chi connectivity index (χ0v) is 13.6. The molecule has 2 rings (SSSR count). The molecule has 0 aliphatic heterocycles. The second-order valence-corrected chi connectivity index (χ2v) is 6.39. The van der Waals surface area contributed by atoms with Gasteiger partial charge in [-0.2, -0.15) is 0 Å². The maximum Gasteiger partial charge on any atom is 0.123 e. The van der Waals surface area contributed by atoms with Gasteiger partial charge in [0.15, 0.2) is 0 Å². The number of thiophene rings is 1. The molecule has 0 unspecified atom stereocenters. The molecule has 2 nitrogen and oxygen atoms in total. The second kappa shape index (κ2) is 6.91. The fourth-order valence-electron chi connectivity index (χ4n) is 2.14. The summed E-state index contributed by atoms with van der Waals surface area (Å²) in [5.74, 6) is 1.00. The highest BCUT2D eigenvalue weighted by molar-refractivity contribution is 7.11. The zero-order chi connectivity index (χ0) is 14.5. The lowest BCUT2D eigenvalue weighted by Gasteiger charge is -2.11. The molecular weight excluding hydrogens is 266 g/mol. The lowest BCUT2D eigenvalue weighted by molar-refractivity contribution is 0.307. The minimum absolute atomic E-state index is 0.653. The van der Waals surface area contributed by atoms with E-state index >= 15 is 0 Å². The van der Waals surface area contributed by atoms with Gasteiger partial charge in [0.05, 0.1) is 0 Å². The molecule has 1 heterocycles. The minimum atomic E-state index is 0.653. The predicted octanol–water partition coefficient (Wildman–Crippen LogP) is 4.36. The molecular formula is C17H23NOS. The molecule has 0 bridgehead atoms. The van der Waals surface area contributed by atoms with Crippen LogP contribution in [0.1, 0.15) is 33.4 Å². The molecule has 20 heavy (non-hydrogen) atoms. The molecule has 0 atom stereocenters. The molecule has 0 aliphatic carbocycles. The normalized spacial score (nSPS) is 10.8. The van der Waals surface area contributed by atoms with Crippen molar-refractivity contribution in [3.8, 4) is 5.75 Å². The highest BCUT2D eigenvalue weighted by Gasteiger charge is 2.06. The lowest BCUT2D eigenvalue weighted by atomic mass is 10.1. The van der Waals surface area contributed by atoms with Gasteiger partial charge >= 0.3 is 0 Å². The Morgan fingerprint density at radius 3 is 2.60 bits per heavy atom. The molecule has 1 aromatic carbocycles. The molecule has 0 amide bonds. The summed E-state index contributed by atoms with van der Waals surface area (Å²) in [6, 6.07) is 8.66. The Kier molecular flexibility index (Phi) is 5.21. The second-order valence-electron chi connectivity index (χ2n) is 5.14. The summed E-state index contributed by atoms with van der Waals surface area (Å²) in [5.41, 5.74) is 3.78. The Hall–Kier alpha value is -1.32. The van der Waals surface area contributed by atoms with E-state index in [2.05, 4.69) is 57.3 Å². The third-order valence-electron chi connectivity index (χ3n) is 3.40. The lowest BCUT2D eigenvalue weighted by Crippen LogP contribution is -2.10. The number of ether oxygens (including phenoxy) is 1. The summed E-state index contributed by atoms with van der Waals surface area (Å²) in [6.45, 7) is 11.1. The van der Waals surface area contributed by atoms with E-state index in [0.29, 0.717) is 6.61 Å². The predicted molar refractivity (Wildman–Crippen MR) is 86.7 cm³/mol. The maximum absolute atomic E-state index is 5.99. The Morgan fingerprint density at radius 2 is 1.85 bits per heavy atom. The van der Waals surface area contributed by atoms with Crippen molar-refractivity contribution in [3.63, 3.8) is 0 Å². The summed E-state index contributed by atoms with van der Waals surface area (Å²) in [6.07, 6.45) is 0. The van der Waals surface area contributed by atoms with E-state index in [1.165, 1.54) is 26.4 Å². The molecule has 1 N–H and O–H groups in total. The first kappa shape index (κ1) is 15.1. The molecule has 0 saturated carbocycles. The van der Waals surface area contributed by atoms with Gasteiger partial charge in [-0.25, -0.2) is 0 Å². The molecule has 108 valence electrons. The van der Waals surface area contributed by atoms with Crippen LogP contribution in [0.4, 0.5) is 0 Å². The first-order chi connectivity index (χ1) is 9.60. The van der Waals surface area contributed by atoms with Crippen LogP contribution in [0, 0.1) is 20.8 Å². The van der Waals surface area contributed by atoms with Crippen molar-refractivity contribution >= 4 is 11.3 Å². The van der Waals surface area contributed by atoms with Crippen LogP contribution in [0.2, 0.25) is 0 Å². The van der Waals surface area contributed by atoms with Crippen LogP contribution in [0.25, 0.3) is 0 Å². The smallest absolute Gasteiger partial charge is 0.123 e. The highest BCUT2D eigenvalue weighted by Crippen LogP contribution is 2.25. The average molecular weight is 289 g/mol. The molecule has 3 heteroatoms. The fourth-order valence-corrected chi connectivity index (χ4v) is 3.04. The summed E-state index contributed by atoms with van der Waals surface area (Å²) in [5, 5.41) is 3.35. The molecule has 1 aromatic heterocycles. The zero-order valence-electron chi connectivity index (χ0n) is 12.7. The van der Waals surface area contributed by atoms with Gasteiger partial charge in [-0.1, -0.05) is 13.0 Å². The number of nitrogens with one attached hydrogen (secondary N) is 1. The van der Waals surface area contributed by atoms with Crippen LogP contribution in [0.15, 0.2) is 24.3 Å². The Morgan fingerprint density at radius 1 is 1.10 bits per heavy atom. The van der Waals surface area contributed by atoms with E-state index in [4.69, 9.17) is 4.74 Å². The summed E-state index contributed by atoms with van der Waals surface area (Å²) >= 11 is 1.82. The first-order valence-electron chi connectivity index (χ1n) is 7.09. The Labute approximate surface area is 125 Å². The van der Waals surface area contributed by atoms with Crippen molar-refractivity contribution in [1.29, 1.82) is 0 Å². The van der Waals surface area contributed by atoms with E-state index in [9.17, 15) is 0 Å². The van der Waals surface area contributed by atoms with Gasteiger partial charge in [-0.05, 0) is 62.2 Å². The van der Waals surface area contributed by atoms with E-state index in [-0.39, 0.29) is 0 Å². The van der Waals surface area contributed by atoms with Crippen molar-refractivity contribution in [1.82, 2.24) is 5.32 Å². The van der Waals surface area contributed by atoms with E-state index < -0.39 is 0 Å². The molecule has 0 fully saturated rings. The van der Waals surface area contributed by atoms with Crippen molar-refractivity contribution in [2.24, 2.45) is 0 Å². The molecule has 0 spiro atoms. The Bertz CT molecular complexity index is 574. The Balaban J connectivity index is 2.00. The SMILES string of the molecule is CCNCc1ccc(COc2cc(C)cc(C)c2C)s1. The third-order valence-corrected chi connectivity index (χ3v) is 4.46. The van der Waals surface area contributed by atoms with Gasteiger partial charge in [0.1, 0.15) is 12.4 Å². The molecule has 2 aromatic rings. The number of rotatable bonds is 6. The van der Waals surface area contributed by atoms with Gasteiger partial charge in [0.25, 0.3) is 0 Å². The van der Waals surface area contributed by atoms with E-state index in [0.717, 1.165) is 18.8 Å². The van der Waals surface area contributed by atoms with Crippen LogP contribution in [-0.4, -0.2) is 6.54 Å². The average Bonchev–Trinajstić information content (AvgIpc) is 2.86. The van der Waals surface area contributed by atoms with E-state index in [1.54, 1.807) is 0 Å². The molecule has 0 radical (unpaired) electrons. The van der Waals surface area contributed by atoms with Gasteiger partial charge in [0.2, 0.25) is 0 Å². The summed E-state index contributed by atoms with van der Waals surface area (Å²) in [4.78, 5) is 2.64. The first-order valence-corrected chi connectivity index (χ1v) is 7.90. The van der Waals surface area contributed by atoms with Crippen LogP contribution in [-0.2, 0) is 13.2 Å². The van der Waals surface area contributed by atoms with Gasteiger partial charge in [-0.15, -0.1) is 11.3 Å². The van der Waals surface area contributed by atoms with Gasteiger partial charge < -0.3 is 10.1 Å². The fraction of sp³-hybridized carbons (Fsp3) is 0.412.